The van der Waals surface area contributed by atoms with Gasteiger partial charge in [0.15, 0.2) is 0 Å². The van der Waals surface area contributed by atoms with Crippen molar-refractivity contribution in [2.45, 2.75) is 46.3 Å². The lowest BCUT2D eigenvalue weighted by atomic mass is 10.1. The number of nitrogens with zero attached hydrogens (tertiary/aromatic N) is 3. The van der Waals surface area contributed by atoms with Gasteiger partial charge in [0, 0.05) is 30.6 Å². The number of carbonyl (C=O) groups excluding carboxylic acids is 2. The zero-order valence-corrected chi connectivity index (χ0v) is 21.9. The topological polar surface area (TPSA) is 93.4 Å². The zero-order valence-electron chi connectivity index (χ0n) is 21.1. The highest BCUT2D eigenvalue weighted by atomic mass is 32.1. The molecule has 8 nitrogen and oxygen atoms in total. The van der Waals surface area contributed by atoms with E-state index in [0.29, 0.717) is 41.7 Å². The summed E-state index contributed by atoms with van der Waals surface area (Å²) in [6.45, 7) is 3.79. The van der Waals surface area contributed by atoms with Crippen LogP contribution in [-0.4, -0.2) is 32.4 Å². The highest BCUT2D eigenvalue weighted by Gasteiger charge is 2.27. The van der Waals surface area contributed by atoms with Gasteiger partial charge in [-0.15, -0.1) is 11.3 Å². The van der Waals surface area contributed by atoms with Crippen LogP contribution in [0.1, 0.15) is 28.5 Å². The summed E-state index contributed by atoms with van der Waals surface area (Å²) < 4.78 is 16.5. The van der Waals surface area contributed by atoms with E-state index in [4.69, 9.17) is 0 Å². The Labute approximate surface area is 221 Å². The van der Waals surface area contributed by atoms with Gasteiger partial charge in [0.25, 0.3) is 5.56 Å². The average Bonchev–Trinajstić information content (AvgIpc) is 3.28. The lowest BCUT2D eigenvalue weighted by Gasteiger charge is -2.25. The Kier molecular flexibility index (Phi) is 6.98. The summed E-state index contributed by atoms with van der Waals surface area (Å²) >= 11 is 1.27. The normalized spacial score (nSPS) is 13.0. The summed E-state index contributed by atoms with van der Waals surface area (Å²) in [5.74, 6) is -1.02. The van der Waals surface area contributed by atoms with Crippen LogP contribution < -0.4 is 16.6 Å². The predicted octanol–water partition coefficient (Wildman–Crippen LogP) is 3.46. The number of amides is 2. The molecule has 0 saturated heterocycles. The van der Waals surface area contributed by atoms with Crippen molar-refractivity contribution in [1.29, 1.82) is 0 Å². The second kappa shape index (κ2) is 10.4. The van der Waals surface area contributed by atoms with Crippen molar-refractivity contribution < 1.29 is 14.0 Å². The average molecular weight is 535 g/mol. The monoisotopic (exact) mass is 534 g/mol. The van der Waals surface area contributed by atoms with E-state index in [1.54, 1.807) is 24.0 Å². The molecule has 0 spiro atoms. The minimum atomic E-state index is -0.578. The van der Waals surface area contributed by atoms with Crippen LogP contribution in [0.15, 0.2) is 58.1 Å². The van der Waals surface area contributed by atoms with E-state index in [2.05, 4.69) is 5.32 Å². The van der Waals surface area contributed by atoms with Gasteiger partial charge in [-0.25, -0.2) is 9.18 Å². The molecule has 0 radical (unpaired) electrons. The number of fused-ring (bicyclic) bond motifs is 3. The van der Waals surface area contributed by atoms with Crippen molar-refractivity contribution in [2.75, 3.05) is 11.9 Å². The van der Waals surface area contributed by atoms with Gasteiger partial charge in [0.2, 0.25) is 11.8 Å². The molecule has 0 saturated carbocycles. The molecule has 2 aromatic carbocycles. The third-order valence-electron chi connectivity index (χ3n) is 6.87. The molecule has 196 valence electrons. The number of benzene rings is 2. The van der Waals surface area contributed by atoms with Crippen molar-refractivity contribution >= 4 is 39.1 Å². The molecule has 2 amide bonds. The summed E-state index contributed by atoms with van der Waals surface area (Å²) in [7, 11) is 0. The fraction of sp³-hybridized carbons (Fsp3) is 0.286. The van der Waals surface area contributed by atoms with Crippen molar-refractivity contribution in [1.82, 2.24) is 14.0 Å². The van der Waals surface area contributed by atoms with Crippen molar-refractivity contribution in [3.8, 4) is 0 Å². The van der Waals surface area contributed by atoms with Gasteiger partial charge in [0.05, 0.1) is 11.9 Å². The lowest BCUT2D eigenvalue weighted by Crippen LogP contribution is -2.42. The van der Waals surface area contributed by atoms with Gasteiger partial charge < -0.3 is 10.2 Å². The van der Waals surface area contributed by atoms with E-state index in [0.717, 1.165) is 16.0 Å². The number of aryl methyl sites for hydroxylation is 2. The van der Waals surface area contributed by atoms with Gasteiger partial charge in [-0.1, -0.05) is 36.4 Å². The molecule has 4 aromatic rings. The van der Waals surface area contributed by atoms with Crippen molar-refractivity contribution in [3.05, 3.63) is 96.8 Å². The number of carbonyl (C=O) groups is 2. The molecule has 1 aliphatic heterocycles. The third kappa shape index (κ3) is 4.91. The Morgan fingerprint density at radius 3 is 2.55 bits per heavy atom. The van der Waals surface area contributed by atoms with E-state index >= 15 is 0 Å². The molecule has 38 heavy (non-hydrogen) atoms. The third-order valence-corrected chi connectivity index (χ3v) is 8.11. The molecular weight excluding hydrogens is 507 g/mol. The molecule has 0 unspecified atom stereocenters. The van der Waals surface area contributed by atoms with Gasteiger partial charge >= 0.3 is 5.69 Å². The number of nitrogens with one attached hydrogen (secondary N) is 1. The minimum absolute atomic E-state index is 0.0597. The van der Waals surface area contributed by atoms with Gasteiger partial charge in [-0.2, -0.15) is 0 Å². The fourth-order valence-corrected chi connectivity index (χ4v) is 6.11. The van der Waals surface area contributed by atoms with Crippen LogP contribution >= 0.6 is 11.3 Å². The first-order valence-electron chi connectivity index (χ1n) is 12.4. The van der Waals surface area contributed by atoms with Crippen LogP contribution in [0.5, 0.6) is 0 Å². The van der Waals surface area contributed by atoms with E-state index in [9.17, 15) is 23.6 Å². The SMILES string of the molecule is CC(=O)N1CCc2c(sc3c2c(=O)n(CCc2ccccc2)c(=O)n3CC(=O)Nc2ccc(C)c(F)c2)C1. The molecule has 5 rings (SSSR count). The quantitative estimate of drug-likeness (QED) is 0.410. The summed E-state index contributed by atoms with van der Waals surface area (Å²) in [5.41, 5.74) is 1.58. The molecule has 0 fully saturated rings. The number of rotatable bonds is 6. The van der Waals surface area contributed by atoms with Crippen LogP contribution in [0.4, 0.5) is 10.1 Å². The number of hydrogen-bond acceptors (Lipinski definition) is 5. The number of thiophene rings is 1. The summed E-state index contributed by atoms with van der Waals surface area (Å²) in [6, 6.07) is 13.9. The molecule has 1 aliphatic rings. The molecule has 0 atom stereocenters. The van der Waals surface area contributed by atoms with Gasteiger partial charge in [0.1, 0.15) is 17.2 Å². The van der Waals surface area contributed by atoms with Gasteiger partial charge in [-0.3, -0.25) is 23.5 Å². The molecule has 10 heteroatoms. The first-order valence-corrected chi connectivity index (χ1v) is 13.2. The Bertz CT molecular complexity index is 1670. The van der Waals surface area contributed by atoms with Crippen LogP contribution in [0.25, 0.3) is 10.2 Å². The maximum absolute atomic E-state index is 14.0. The number of anilines is 1. The highest BCUT2D eigenvalue weighted by Crippen LogP contribution is 2.33. The number of halogens is 1. The van der Waals surface area contributed by atoms with Crippen LogP contribution in [0.2, 0.25) is 0 Å². The van der Waals surface area contributed by atoms with Gasteiger partial charge in [-0.05, 0) is 48.6 Å². The second-order valence-corrected chi connectivity index (χ2v) is 10.5. The maximum Gasteiger partial charge on any atom is 0.332 e. The standard InChI is InChI=1S/C28H27FN4O4S/c1-17-8-9-20(14-22(17)29)30-24(35)16-33-27-25(21-11-12-31(18(2)34)15-23(21)38-27)26(36)32(28(33)37)13-10-19-6-4-3-5-7-19/h3-9,14H,10-13,15-16H2,1-2H3,(H,30,35). The van der Waals surface area contributed by atoms with Crippen LogP contribution in [-0.2, 0) is 42.1 Å². The summed E-state index contributed by atoms with van der Waals surface area (Å²) in [6.07, 6.45) is 0.969. The first kappa shape index (κ1) is 25.6. The molecule has 2 aromatic heterocycles. The van der Waals surface area contributed by atoms with Crippen molar-refractivity contribution in [3.63, 3.8) is 0 Å². The maximum atomic E-state index is 14.0. The molecule has 3 heterocycles. The van der Waals surface area contributed by atoms with E-state index < -0.39 is 17.4 Å². The Morgan fingerprint density at radius 2 is 1.84 bits per heavy atom. The smallest absolute Gasteiger partial charge is 0.332 e. The summed E-state index contributed by atoms with van der Waals surface area (Å²) in [4.78, 5) is 55.2. The molecule has 1 N–H and O–H groups in total. The fourth-order valence-electron chi connectivity index (χ4n) is 4.76. The Morgan fingerprint density at radius 1 is 1.08 bits per heavy atom. The first-order chi connectivity index (χ1) is 18.2. The van der Waals surface area contributed by atoms with E-state index in [-0.39, 0.29) is 30.2 Å². The van der Waals surface area contributed by atoms with Crippen molar-refractivity contribution in [2.24, 2.45) is 0 Å². The number of aromatic nitrogens is 2. The largest absolute Gasteiger partial charge is 0.337 e. The zero-order chi connectivity index (χ0) is 27.0. The predicted molar refractivity (Wildman–Crippen MR) is 145 cm³/mol. The minimum Gasteiger partial charge on any atom is -0.337 e. The Hall–Kier alpha value is -4.05. The van der Waals surface area contributed by atoms with Crippen LogP contribution in [0.3, 0.4) is 0 Å². The Balaban J connectivity index is 1.57. The van der Waals surface area contributed by atoms with Crippen LogP contribution in [0, 0.1) is 12.7 Å². The van der Waals surface area contributed by atoms with E-state index in [1.165, 1.54) is 33.5 Å². The molecule has 0 bridgehead atoms. The second-order valence-electron chi connectivity index (χ2n) is 9.45. The molecule has 0 aliphatic carbocycles. The van der Waals surface area contributed by atoms with E-state index in [1.807, 2.05) is 30.3 Å². The number of hydrogen-bond donors (Lipinski definition) is 1. The highest BCUT2D eigenvalue weighted by molar-refractivity contribution is 7.18. The lowest BCUT2D eigenvalue weighted by molar-refractivity contribution is -0.129. The summed E-state index contributed by atoms with van der Waals surface area (Å²) in [5, 5.41) is 3.08. The molecular formula is C28H27FN4O4S.